The smallest absolute Gasteiger partial charge is 0.416 e. The molecule has 1 aliphatic heterocycles. The number of hydrogen-bond donors (Lipinski definition) is 2. The van der Waals surface area contributed by atoms with E-state index in [1.165, 1.54) is 12.3 Å². The van der Waals surface area contributed by atoms with Crippen molar-refractivity contribution in [3.05, 3.63) is 83.2 Å². The first-order chi connectivity index (χ1) is 19.8. The number of halogens is 3. The second kappa shape index (κ2) is 12.8. The number of nitrogens with zero attached hydrogens (tertiary/aromatic N) is 2. The van der Waals surface area contributed by atoms with Crippen LogP contribution in [0.15, 0.2) is 60.9 Å². The Bertz CT molecular complexity index is 1400. The first-order valence-electron chi connectivity index (χ1n) is 13.7. The molecule has 3 aromatic rings. The molecular formula is C31H35F3N4O4. The van der Waals surface area contributed by atoms with Crippen LogP contribution in [0, 0.1) is 0 Å². The monoisotopic (exact) mass is 584 g/mol. The van der Waals surface area contributed by atoms with Crippen molar-refractivity contribution in [1.82, 2.24) is 15.6 Å². The maximum atomic E-state index is 13.5. The Hall–Kier alpha value is -4.12. The molecule has 0 radical (unpaired) electrons. The van der Waals surface area contributed by atoms with Gasteiger partial charge in [0.25, 0.3) is 5.91 Å². The Labute approximate surface area is 243 Å². The quantitative estimate of drug-likeness (QED) is 0.348. The Kier molecular flexibility index (Phi) is 9.40. The van der Waals surface area contributed by atoms with Crippen LogP contribution in [0.5, 0.6) is 0 Å². The third-order valence-corrected chi connectivity index (χ3v) is 6.69. The zero-order valence-electron chi connectivity index (χ0n) is 24.0. The molecule has 4 rings (SSSR count). The maximum Gasteiger partial charge on any atom is 0.416 e. The molecule has 0 spiro atoms. The Morgan fingerprint density at radius 3 is 2.36 bits per heavy atom. The molecule has 0 saturated carbocycles. The molecule has 42 heavy (non-hydrogen) atoms. The number of alkyl halides is 3. The summed E-state index contributed by atoms with van der Waals surface area (Å²) < 4.78 is 51.2. The number of pyridine rings is 1. The van der Waals surface area contributed by atoms with Crippen molar-refractivity contribution in [3.63, 3.8) is 0 Å². The number of benzene rings is 2. The van der Waals surface area contributed by atoms with E-state index in [2.05, 4.69) is 20.5 Å². The lowest BCUT2D eigenvalue weighted by atomic mass is 9.95. The molecule has 8 nitrogen and oxygen atoms in total. The number of rotatable bonds is 7. The van der Waals surface area contributed by atoms with Crippen molar-refractivity contribution in [3.8, 4) is 11.1 Å². The van der Waals surface area contributed by atoms with Crippen LogP contribution in [-0.2, 0) is 22.2 Å². The van der Waals surface area contributed by atoms with E-state index in [1.54, 1.807) is 57.3 Å². The lowest BCUT2D eigenvalue weighted by Gasteiger charge is -2.28. The molecule has 2 heterocycles. The minimum Gasteiger partial charge on any atom is -0.444 e. The van der Waals surface area contributed by atoms with Gasteiger partial charge in [0, 0.05) is 25.8 Å². The fourth-order valence-corrected chi connectivity index (χ4v) is 4.52. The van der Waals surface area contributed by atoms with Gasteiger partial charge in [-0.15, -0.1) is 0 Å². The van der Waals surface area contributed by atoms with Gasteiger partial charge in [-0.25, -0.2) is 4.79 Å². The van der Waals surface area contributed by atoms with E-state index >= 15 is 0 Å². The number of hydrogen-bond acceptors (Lipinski definition) is 6. The number of nitrogens with one attached hydrogen (secondary N) is 2. The average Bonchev–Trinajstić information content (AvgIpc) is 2.95. The number of carbonyl (C=O) groups excluding carboxylic acids is 2. The van der Waals surface area contributed by atoms with Gasteiger partial charge in [-0.2, -0.15) is 13.2 Å². The summed E-state index contributed by atoms with van der Waals surface area (Å²) >= 11 is 0. The van der Waals surface area contributed by atoms with E-state index in [0.717, 1.165) is 36.5 Å². The van der Waals surface area contributed by atoms with Crippen LogP contribution in [0.25, 0.3) is 11.1 Å². The third-order valence-electron chi connectivity index (χ3n) is 6.69. The van der Waals surface area contributed by atoms with Crippen molar-refractivity contribution in [1.29, 1.82) is 0 Å². The summed E-state index contributed by atoms with van der Waals surface area (Å²) in [5.74, 6) is -0.289. The number of morpholine rings is 1. The number of carbonyl (C=O) groups is 2. The summed E-state index contributed by atoms with van der Waals surface area (Å²) in [5.41, 5.74) is 1.89. The standard InChI is InChI=1S/C31H35F3N4O4/c1-20(37-28(39)24-15-26(19-35-17-24)38-11-13-41-14-12-38)21-5-7-22(8-6-21)27-16-25(31(32,33)34)10-9-23(27)18-36-29(40)42-30(2,3)4/h5-10,15-17,19-20H,11-14,18H2,1-4H3,(H,36,40)(H,37,39)/t20-/m1/s1. The molecule has 224 valence electrons. The summed E-state index contributed by atoms with van der Waals surface area (Å²) in [5, 5.41) is 5.57. The van der Waals surface area contributed by atoms with Crippen molar-refractivity contribution in [2.45, 2.75) is 52.1 Å². The topological polar surface area (TPSA) is 92.8 Å². The van der Waals surface area contributed by atoms with Gasteiger partial charge in [-0.1, -0.05) is 30.3 Å². The summed E-state index contributed by atoms with van der Waals surface area (Å²) in [7, 11) is 0. The van der Waals surface area contributed by atoms with Crippen molar-refractivity contribution in [2.75, 3.05) is 31.2 Å². The molecule has 2 amide bonds. The summed E-state index contributed by atoms with van der Waals surface area (Å²) in [4.78, 5) is 31.5. The van der Waals surface area contributed by atoms with Gasteiger partial charge < -0.3 is 25.0 Å². The average molecular weight is 585 g/mol. The fourth-order valence-electron chi connectivity index (χ4n) is 4.52. The summed E-state index contributed by atoms with van der Waals surface area (Å²) in [6.45, 7) is 9.65. The van der Waals surface area contributed by atoms with Crippen LogP contribution >= 0.6 is 0 Å². The Morgan fingerprint density at radius 2 is 1.71 bits per heavy atom. The van der Waals surface area contributed by atoms with Gasteiger partial charge in [-0.05, 0) is 68.1 Å². The maximum absolute atomic E-state index is 13.5. The number of ether oxygens (including phenoxy) is 2. The van der Waals surface area contributed by atoms with Crippen LogP contribution in [0.2, 0.25) is 0 Å². The summed E-state index contributed by atoms with van der Waals surface area (Å²) in [6.07, 6.45) is -1.97. The molecule has 2 aromatic carbocycles. The number of alkyl carbamates (subject to hydrolysis) is 1. The van der Waals surface area contributed by atoms with Crippen LogP contribution in [0.3, 0.4) is 0 Å². The van der Waals surface area contributed by atoms with E-state index in [1.807, 2.05) is 6.92 Å². The largest absolute Gasteiger partial charge is 0.444 e. The first kappa shape index (κ1) is 30.8. The Morgan fingerprint density at radius 1 is 1.02 bits per heavy atom. The molecule has 1 fully saturated rings. The molecule has 0 unspecified atom stereocenters. The van der Waals surface area contributed by atoms with E-state index in [4.69, 9.17) is 9.47 Å². The van der Waals surface area contributed by atoms with Gasteiger partial charge in [0.1, 0.15) is 5.60 Å². The molecule has 1 aromatic heterocycles. The zero-order chi connectivity index (χ0) is 30.5. The van der Waals surface area contributed by atoms with Gasteiger partial charge in [0.15, 0.2) is 0 Å². The lowest BCUT2D eigenvalue weighted by Crippen LogP contribution is -2.36. The van der Waals surface area contributed by atoms with Crippen LogP contribution < -0.4 is 15.5 Å². The number of amides is 2. The van der Waals surface area contributed by atoms with Gasteiger partial charge in [0.05, 0.1) is 42.3 Å². The number of aromatic nitrogens is 1. The zero-order valence-corrected chi connectivity index (χ0v) is 24.0. The molecular weight excluding hydrogens is 549 g/mol. The summed E-state index contributed by atoms with van der Waals surface area (Å²) in [6, 6.07) is 11.7. The van der Waals surface area contributed by atoms with E-state index in [0.29, 0.717) is 35.5 Å². The Balaban J connectivity index is 1.49. The highest BCUT2D eigenvalue weighted by molar-refractivity contribution is 5.95. The van der Waals surface area contributed by atoms with Gasteiger partial charge >= 0.3 is 12.3 Å². The molecule has 0 aliphatic carbocycles. The molecule has 2 N–H and O–H groups in total. The minimum atomic E-state index is -4.53. The van der Waals surface area contributed by atoms with E-state index in [-0.39, 0.29) is 18.5 Å². The third kappa shape index (κ3) is 8.22. The predicted molar refractivity (Wildman–Crippen MR) is 153 cm³/mol. The first-order valence-corrected chi connectivity index (χ1v) is 13.7. The second-order valence-corrected chi connectivity index (χ2v) is 11.1. The van der Waals surface area contributed by atoms with Crippen molar-refractivity contribution < 1.29 is 32.2 Å². The number of anilines is 1. The highest BCUT2D eigenvalue weighted by Gasteiger charge is 2.31. The molecule has 11 heteroatoms. The highest BCUT2D eigenvalue weighted by atomic mass is 19.4. The molecule has 1 aliphatic rings. The molecule has 1 saturated heterocycles. The SMILES string of the molecule is C[C@@H](NC(=O)c1cncc(N2CCOCC2)c1)c1ccc(-c2cc(C(F)(F)F)ccc2CNC(=O)OC(C)(C)C)cc1. The molecule has 1 atom stereocenters. The van der Waals surface area contributed by atoms with Crippen molar-refractivity contribution in [2.24, 2.45) is 0 Å². The molecule has 0 bridgehead atoms. The van der Waals surface area contributed by atoms with E-state index < -0.39 is 23.4 Å². The van der Waals surface area contributed by atoms with Gasteiger partial charge in [-0.3, -0.25) is 9.78 Å². The van der Waals surface area contributed by atoms with Crippen LogP contribution in [-0.4, -0.2) is 48.9 Å². The second-order valence-electron chi connectivity index (χ2n) is 11.1. The van der Waals surface area contributed by atoms with Crippen LogP contribution in [0.1, 0.15) is 60.8 Å². The highest BCUT2D eigenvalue weighted by Crippen LogP contribution is 2.34. The van der Waals surface area contributed by atoms with Crippen LogP contribution in [0.4, 0.5) is 23.7 Å². The van der Waals surface area contributed by atoms with Crippen molar-refractivity contribution >= 4 is 17.7 Å². The fraction of sp³-hybridized carbons (Fsp3) is 0.387. The van der Waals surface area contributed by atoms with E-state index in [9.17, 15) is 22.8 Å². The minimum absolute atomic E-state index is 0.0197. The van der Waals surface area contributed by atoms with Gasteiger partial charge in [0.2, 0.25) is 0 Å². The predicted octanol–water partition coefficient (Wildman–Crippen LogP) is 6.12. The lowest BCUT2D eigenvalue weighted by molar-refractivity contribution is -0.137. The normalized spacial score (nSPS) is 14.7.